The normalized spacial score (nSPS) is 27.4. The summed E-state index contributed by atoms with van der Waals surface area (Å²) in [5, 5.41) is 3.71. The molecule has 4 aliphatic heterocycles. The monoisotopic (exact) mass is 631 g/mol. The van der Waals surface area contributed by atoms with Gasteiger partial charge in [0.15, 0.2) is 17.4 Å². The Morgan fingerprint density at radius 1 is 1.11 bits per heavy atom. The first-order valence-corrected chi connectivity index (χ1v) is 15.7. The summed E-state index contributed by atoms with van der Waals surface area (Å²) < 4.78 is 70.3. The van der Waals surface area contributed by atoms with E-state index in [9.17, 15) is 4.39 Å². The quantitative estimate of drug-likeness (QED) is 0.134. The third kappa shape index (κ3) is 4.47. The highest BCUT2D eigenvalue weighted by Crippen LogP contribution is 2.48. The number of alkyl halides is 2. The van der Waals surface area contributed by atoms with E-state index in [-0.39, 0.29) is 71.6 Å². The number of terminal acetylenes is 1. The summed E-state index contributed by atoms with van der Waals surface area (Å²) in [6.45, 7) is 1.02. The smallest absolute Gasteiger partial charge is 0.319 e. The molecule has 4 atom stereocenters. The second-order valence-corrected chi connectivity index (χ2v) is 13.1. The van der Waals surface area contributed by atoms with E-state index in [1.165, 1.54) is 18.2 Å². The van der Waals surface area contributed by atoms with Crippen molar-refractivity contribution in [2.45, 2.75) is 68.6 Å². The van der Waals surface area contributed by atoms with Crippen molar-refractivity contribution in [3.05, 3.63) is 47.2 Å². The van der Waals surface area contributed by atoms with Gasteiger partial charge in [0.2, 0.25) is 0 Å². The summed E-state index contributed by atoms with van der Waals surface area (Å²) in [5.41, 5.74) is 7.00. The highest BCUT2D eigenvalue weighted by molar-refractivity contribution is 6.04. The number of anilines is 2. The Labute approximate surface area is 263 Å². The van der Waals surface area contributed by atoms with Crippen molar-refractivity contribution in [1.82, 2.24) is 25.2 Å². The first-order valence-electron chi connectivity index (χ1n) is 15.7. The maximum Gasteiger partial charge on any atom is 0.319 e. The van der Waals surface area contributed by atoms with E-state index >= 15 is 13.2 Å². The van der Waals surface area contributed by atoms with Crippen molar-refractivity contribution in [3.63, 3.8) is 0 Å². The predicted molar refractivity (Wildman–Crippen MR) is 168 cm³/mol. The number of hydrogen-bond acceptors (Lipinski definition) is 8. The minimum absolute atomic E-state index is 0.0110. The Morgan fingerprint density at radius 3 is 2.74 bits per heavy atom. The average molecular weight is 632 g/mol. The topological polar surface area (TPSA) is 92.4 Å². The van der Waals surface area contributed by atoms with E-state index < -0.39 is 29.3 Å². The zero-order valence-electron chi connectivity index (χ0n) is 25.3. The largest absolute Gasteiger partial charge is 0.462 e. The predicted octanol–water partition coefficient (Wildman–Crippen LogP) is 5.40. The molecule has 3 N–H and O–H groups in total. The lowest BCUT2D eigenvalue weighted by Crippen LogP contribution is -2.68. The maximum absolute atomic E-state index is 17.0. The molecule has 2 aromatic carbocycles. The van der Waals surface area contributed by atoms with E-state index in [4.69, 9.17) is 26.9 Å². The van der Waals surface area contributed by atoms with Gasteiger partial charge in [-0.3, -0.25) is 0 Å². The third-order valence-electron chi connectivity index (χ3n) is 10.2. The summed E-state index contributed by atoms with van der Waals surface area (Å²) in [5.74, 6) is -2.80. The lowest BCUT2D eigenvalue weighted by atomic mass is 9.91. The molecule has 4 aromatic rings. The van der Waals surface area contributed by atoms with E-state index in [1.54, 1.807) is 11.0 Å². The number of likely N-dealkylation sites (N-methyl/N-ethyl adjacent to an activating group) is 1. The molecule has 0 unspecified atom stereocenters. The van der Waals surface area contributed by atoms with Crippen LogP contribution in [0.2, 0.25) is 0 Å². The fourth-order valence-electron chi connectivity index (χ4n) is 7.93. The Balaban J connectivity index is 1.38. The average Bonchev–Trinajstić information content (AvgIpc) is 3.55. The van der Waals surface area contributed by atoms with Gasteiger partial charge in [0, 0.05) is 35.5 Å². The number of pyridine rings is 1. The fraction of sp³-hybridized carbons (Fsp3) is 0.441. The molecule has 3 saturated heterocycles. The summed E-state index contributed by atoms with van der Waals surface area (Å²) in [6, 6.07) is 5.24. The zero-order valence-corrected chi connectivity index (χ0v) is 25.3. The molecule has 12 heteroatoms. The van der Waals surface area contributed by atoms with Crippen molar-refractivity contribution >= 4 is 33.2 Å². The number of nitrogens with one attached hydrogen (secondary N) is 1. The van der Waals surface area contributed by atoms with E-state index in [0.29, 0.717) is 41.4 Å². The highest BCUT2D eigenvalue weighted by Gasteiger charge is 2.60. The molecule has 4 aliphatic rings. The number of aromatic nitrogens is 3. The SMILES string of the molecule is C#Cc1c(F)ccc2cc(N)cc(-c3nc4c5c(nc(OC[C@@H]6CCCN6C)nc5c3F)N3C[C@@]5(F)CC[C@](F)(N5)[C@H]3CCC4)c12. The van der Waals surface area contributed by atoms with Gasteiger partial charge in [0.1, 0.15) is 29.5 Å². The lowest BCUT2D eigenvalue weighted by Gasteiger charge is -2.47. The van der Waals surface area contributed by atoms with Crippen LogP contribution >= 0.6 is 0 Å². The van der Waals surface area contributed by atoms with Crippen LogP contribution in [0.5, 0.6) is 6.01 Å². The number of aryl methyl sites for hydroxylation is 1. The number of benzene rings is 2. The molecule has 238 valence electrons. The minimum atomic E-state index is -1.97. The van der Waals surface area contributed by atoms with Crippen LogP contribution in [0.3, 0.4) is 0 Å². The third-order valence-corrected chi connectivity index (χ3v) is 10.2. The van der Waals surface area contributed by atoms with Gasteiger partial charge < -0.3 is 20.3 Å². The van der Waals surface area contributed by atoms with Gasteiger partial charge >= 0.3 is 6.01 Å². The summed E-state index contributed by atoms with van der Waals surface area (Å²) >= 11 is 0. The number of piperazine rings is 1. The standard InChI is InChI=1S/C34H33F4N7O/c1-3-21-23(35)10-9-18-14-19(39)15-22(26(18)21)29-28(36)30-27-24(40-29)7-4-8-25-34(38)12-11-33(37,43-34)17-45(25)31(27)42-32(41-30)46-16-20-6-5-13-44(20)2/h1,9-10,14-15,20,25,43H,4-8,11-13,16-17,39H2,2H3/t20-,25+,33+,34-/m0/s1. The Bertz CT molecular complexity index is 1970. The molecule has 0 spiro atoms. The Kier molecular flexibility index (Phi) is 6.61. The molecule has 8 rings (SSSR count). The lowest BCUT2D eigenvalue weighted by molar-refractivity contribution is 0.00894. The van der Waals surface area contributed by atoms with Crippen LogP contribution in [0.25, 0.3) is 32.9 Å². The van der Waals surface area contributed by atoms with Crippen molar-refractivity contribution < 1.29 is 22.3 Å². The maximum atomic E-state index is 17.0. The first kappa shape index (κ1) is 29.2. The minimum Gasteiger partial charge on any atom is -0.462 e. The summed E-state index contributed by atoms with van der Waals surface area (Å²) in [6.07, 6.45) is 8.94. The van der Waals surface area contributed by atoms with Crippen LogP contribution in [0.1, 0.15) is 49.8 Å². The first-order chi connectivity index (χ1) is 22.1. The van der Waals surface area contributed by atoms with E-state index in [1.807, 2.05) is 7.05 Å². The number of nitrogens with two attached hydrogens (primary N) is 1. The number of hydrogen-bond donors (Lipinski definition) is 2. The molecule has 0 radical (unpaired) electrons. The van der Waals surface area contributed by atoms with Crippen molar-refractivity contribution in [2.24, 2.45) is 0 Å². The number of nitrogen functional groups attached to an aromatic ring is 1. The summed E-state index contributed by atoms with van der Waals surface area (Å²) in [7, 11) is 2.01. The molecule has 2 bridgehead atoms. The van der Waals surface area contributed by atoms with Gasteiger partial charge in [-0.05, 0) is 69.3 Å². The van der Waals surface area contributed by atoms with Crippen LogP contribution in [0.15, 0.2) is 24.3 Å². The van der Waals surface area contributed by atoms with Gasteiger partial charge in [0.25, 0.3) is 0 Å². The number of rotatable bonds is 4. The number of nitrogens with zero attached hydrogens (tertiary/aromatic N) is 5. The number of fused-ring (bicyclic) bond motifs is 6. The van der Waals surface area contributed by atoms with Gasteiger partial charge in [-0.2, -0.15) is 9.97 Å². The van der Waals surface area contributed by atoms with Crippen LogP contribution in [-0.2, 0) is 6.42 Å². The zero-order chi connectivity index (χ0) is 32.0. The molecule has 2 aromatic heterocycles. The van der Waals surface area contributed by atoms with Crippen molar-refractivity contribution in [3.8, 4) is 29.6 Å². The van der Waals surface area contributed by atoms with Crippen LogP contribution in [-0.4, -0.2) is 70.3 Å². The summed E-state index contributed by atoms with van der Waals surface area (Å²) in [4.78, 5) is 17.9. The second-order valence-electron chi connectivity index (χ2n) is 13.1. The Morgan fingerprint density at radius 2 is 1.96 bits per heavy atom. The van der Waals surface area contributed by atoms with Crippen LogP contribution < -0.4 is 20.7 Å². The molecule has 0 amide bonds. The van der Waals surface area contributed by atoms with Gasteiger partial charge in [-0.15, -0.1) is 6.42 Å². The molecule has 6 heterocycles. The van der Waals surface area contributed by atoms with Crippen LogP contribution in [0, 0.1) is 24.0 Å². The molecule has 8 nitrogen and oxygen atoms in total. The number of halogens is 4. The molecular formula is C34H33F4N7O. The van der Waals surface area contributed by atoms with E-state index in [0.717, 1.165) is 19.4 Å². The van der Waals surface area contributed by atoms with Gasteiger partial charge in [0.05, 0.1) is 29.2 Å². The van der Waals surface area contributed by atoms with E-state index in [2.05, 4.69) is 21.1 Å². The molecular weight excluding hydrogens is 598 g/mol. The Hall–Kier alpha value is -4.21. The second kappa shape index (κ2) is 10.4. The molecule has 0 saturated carbocycles. The molecule has 0 aliphatic carbocycles. The number of likely N-dealkylation sites (tertiary alicyclic amines) is 1. The molecule has 3 fully saturated rings. The fourth-order valence-corrected chi connectivity index (χ4v) is 7.93. The van der Waals surface area contributed by atoms with Gasteiger partial charge in [-0.1, -0.05) is 12.0 Å². The molecule has 46 heavy (non-hydrogen) atoms. The van der Waals surface area contributed by atoms with Crippen LogP contribution in [0.4, 0.5) is 29.1 Å². The number of ether oxygens (including phenoxy) is 1. The van der Waals surface area contributed by atoms with Gasteiger partial charge in [-0.25, -0.2) is 27.9 Å². The van der Waals surface area contributed by atoms with Crippen molar-refractivity contribution in [2.75, 3.05) is 37.4 Å². The highest BCUT2D eigenvalue weighted by atomic mass is 19.2. The van der Waals surface area contributed by atoms with Crippen molar-refractivity contribution in [1.29, 1.82) is 0 Å².